The SMILES string of the molecule is NC(=S)c1ccc(S(=O)(=O)Nc2cccnc2)cc1Cl. The number of thiocarbonyl (C=S) groups is 1. The van der Waals surface area contributed by atoms with Crippen LogP contribution >= 0.6 is 23.8 Å². The van der Waals surface area contributed by atoms with Crippen LogP contribution in [0.3, 0.4) is 0 Å². The molecule has 0 radical (unpaired) electrons. The van der Waals surface area contributed by atoms with Crippen molar-refractivity contribution in [2.24, 2.45) is 5.73 Å². The van der Waals surface area contributed by atoms with Crippen LogP contribution in [0.2, 0.25) is 5.02 Å². The van der Waals surface area contributed by atoms with Gasteiger partial charge in [-0.25, -0.2) is 8.42 Å². The minimum Gasteiger partial charge on any atom is -0.389 e. The molecule has 0 amide bonds. The molecular formula is C12H10ClN3O2S2. The van der Waals surface area contributed by atoms with Crippen LogP contribution in [0.15, 0.2) is 47.6 Å². The summed E-state index contributed by atoms with van der Waals surface area (Å²) in [5.74, 6) is 0. The summed E-state index contributed by atoms with van der Waals surface area (Å²) < 4.78 is 26.7. The number of benzene rings is 1. The van der Waals surface area contributed by atoms with E-state index in [0.29, 0.717) is 11.3 Å². The standard InChI is InChI=1S/C12H10ClN3O2S2/c13-11-6-9(3-4-10(11)12(14)19)20(17,18)16-8-2-1-5-15-7-8/h1-7,16H,(H2,14,19). The Hall–Kier alpha value is -1.70. The minimum absolute atomic E-state index is 0.0198. The molecule has 0 fully saturated rings. The van der Waals surface area contributed by atoms with Gasteiger partial charge in [0, 0.05) is 11.8 Å². The summed E-state index contributed by atoms with van der Waals surface area (Å²) in [6.07, 6.45) is 2.95. The van der Waals surface area contributed by atoms with Gasteiger partial charge in [0.05, 0.1) is 21.8 Å². The second-order valence-electron chi connectivity index (χ2n) is 3.85. The first-order valence-electron chi connectivity index (χ1n) is 5.42. The molecule has 1 aromatic carbocycles. The van der Waals surface area contributed by atoms with Crippen molar-refractivity contribution in [2.45, 2.75) is 4.90 Å². The second-order valence-corrected chi connectivity index (χ2v) is 6.38. The average molecular weight is 328 g/mol. The Bertz CT molecular complexity index is 749. The van der Waals surface area contributed by atoms with Gasteiger partial charge in [0.1, 0.15) is 4.99 Å². The van der Waals surface area contributed by atoms with E-state index in [1.165, 1.54) is 24.4 Å². The van der Waals surface area contributed by atoms with E-state index in [-0.39, 0.29) is 14.9 Å². The number of rotatable bonds is 4. The molecule has 3 N–H and O–H groups in total. The Kier molecular flexibility index (Phi) is 4.22. The van der Waals surface area contributed by atoms with Crippen molar-refractivity contribution in [1.82, 2.24) is 4.98 Å². The summed E-state index contributed by atoms with van der Waals surface area (Å²) in [5, 5.41) is 0.187. The van der Waals surface area contributed by atoms with Gasteiger partial charge in [-0.3, -0.25) is 9.71 Å². The molecule has 104 valence electrons. The number of anilines is 1. The minimum atomic E-state index is -3.74. The molecule has 20 heavy (non-hydrogen) atoms. The Morgan fingerprint density at radius 3 is 2.65 bits per heavy atom. The van der Waals surface area contributed by atoms with Crippen LogP contribution in [0.5, 0.6) is 0 Å². The van der Waals surface area contributed by atoms with E-state index >= 15 is 0 Å². The van der Waals surface area contributed by atoms with Crippen molar-refractivity contribution in [1.29, 1.82) is 0 Å². The lowest BCUT2D eigenvalue weighted by molar-refractivity contribution is 0.601. The van der Waals surface area contributed by atoms with E-state index in [9.17, 15) is 8.42 Å². The van der Waals surface area contributed by atoms with Gasteiger partial charge in [-0.2, -0.15) is 0 Å². The number of pyridine rings is 1. The van der Waals surface area contributed by atoms with E-state index in [1.54, 1.807) is 18.3 Å². The smallest absolute Gasteiger partial charge is 0.261 e. The zero-order valence-corrected chi connectivity index (χ0v) is 12.5. The van der Waals surface area contributed by atoms with E-state index in [1.807, 2.05) is 0 Å². The van der Waals surface area contributed by atoms with Crippen LogP contribution in [0.4, 0.5) is 5.69 Å². The number of hydrogen-bond donors (Lipinski definition) is 2. The molecule has 0 saturated carbocycles. The molecule has 0 aliphatic carbocycles. The topological polar surface area (TPSA) is 85.1 Å². The Balaban J connectivity index is 2.35. The van der Waals surface area contributed by atoms with Gasteiger partial charge in [-0.05, 0) is 30.3 Å². The monoisotopic (exact) mass is 327 g/mol. The van der Waals surface area contributed by atoms with Crippen molar-refractivity contribution in [3.63, 3.8) is 0 Å². The van der Waals surface area contributed by atoms with Crippen LogP contribution in [0, 0.1) is 0 Å². The molecule has 0 aliphatic rings. The lowest BCUT2D eigenvalue weighted by atomic mass is 10.2. The van der Waals surface area contributed by atoms with Crippen molar-refractivity contribution in [3.8, 4) is 0 Å². The van der Waals surface area contributed by atoms with Gasteiger partial charge >= 0.3 is 0 Å². The molecule has 0 unspecified atom stereocenters. The first-order chi connectivity index (χ1) is 9.40. The van der Waals surface area contributed by atoms with Crippen molar-refractivity contribution < 1.29 is 8.42 Å². The summed E-state index contributed by atoms with van der Waals surface area (Å²) in [6, 6.07) is 7.38. The third-order valence-corrected chi connectivity index (χ3v) is 4.34. The molecule has 0 spiro atoms. The van der Waals surface area contributed by atoms with E-state index in [0.717, 1.165) is 0 Å². The molecule has 2 aromatic rings. The summed E-state index contributed by atoms with van der Waals surface area (Å²) in [6.45, 7) is 0. The normalized spacial score (nSPS) is 11.1. The van der Waals surface area contributed by atoms with Crippen molar-refractivity contribution >= 4 is 44.5 Å². The third kappa shape index (κ3) is 3.24. The van der Waals surface area contributed by atoms with E-state index in [2.05, 4.69) is 9.71 Å². The van der Waals surface area contributed by atoms with Gasteiger partial charge < -0.3 is 5.73 Å². The number of nitrogens with one attached hydrogen (secondary N) is 1. The van der Waals surface area contributed by atoms with Crippen LogP contribution in [0.25, 0.3) is 0 Å². The first kappa shape index (κ1) is 14.7. The summed E-state index contributed by atoms with van der Waals surface area (Å²) >= 11 is 10.8. The van der Waals surface area contributed by atoms with E-state index < -0.39 is 10.0 Å². The molecule has 1 heterocycles. The molecular weight excluding hydrogens is 318 g/mol. The zero-order chi connectivity index (χ0) is 14.8. The van der Waals surface area contributed by atoms with Crippen LogP contribution < -0.4 is 10.5 Å². The number of nitrogens with two attached hydrogens (primary N) is 1. The summed E-state index contributed by atoms with van der Waals surface area (Å²) in [5.41, 5.74) is 6.27. The highest BCUT2D eigenvalue weighted by Crippen LogP contribution is 2.22. The fourth-order valence-corrected chi connectivity index (χ4v) is 3.15. The first-order valence-corrected chi connectivity index (χ1v) is 7.69. The van der Waals surface area contributed by atoms with Crippen LogP contribution in [0.1, 0.15) is 5.56 Å². The highest BCUT2D eigenvalue weighted by atomic mass is 35.5. The quantitative estimate of drug-likeness (QED) is 0.841. The molecule has 2 rings (SSSR count). The fraction of sp³-hybridized carbons (Fsp3) is 0. The van der Waals surface area contributed by atoms with Gasteiger partial charge in [0.2, 0.25) is 0 Å². The highest BCUT2D eigenvalue weighted by molar-refractivity contribution is 7.92. The molecule has 1 aromatic heterocycles. The van der Waals surface area contributed by atoms with Crippen molar-refractivity contribution in [2.75, 3.05) is 4.72 Å². The number of aromatic nitrogens is 1. The fourth-order valence-electron chi connectivity index (χ4n) is 1.50. The molecule has 0 atom stereocenters. The van der Waals surface area contributed by atoms with Gasteiger partial charge in [-0.15, -0.1) is 0 Å². The van der Waals surface area contributed by atoms with Gasteiger partial charge in [0.15, 0.2) is 0 Å². The predicted molar refractivity (Wildman–Crippen MR) is 82.4 cm³/mol. The van der Waals surface area contributed by atoms with Gasteiger partial charge in [0.25, 0.3) is 10.0 Å². The maximum Gasteiger partial charge on any atom is 0.261 e. The largest absolute Gasteiger partial charge is 0.389 e. The van der Waals surface area contributed by atoms with Crippen LogP contribution in [-0.4, -0.2) is 18.4 Å². The Morgan fingerprint density at radius 1 is 1.35 bits per heavy atom. The van der Waals surface area contributed by atoms with Crippen molar-refractivity contribution in [3.05, 3.63) is 53.3 Å². The third-order valence-electron chi connectivity index (χ3n) is 2.43. The summed E-state index contributed by atoms with van der Waals surface area (Å²) in [4.78, 5) is 3.96. The maximum absolute atomic E-state index is 12.2. The number of sulfonamides is 1. The average Bonchev–Trinajstić information content (AvgIpc) is 2.38. The Labute approximate surface area is 126 Å². The Morgan fingerprint density at radius 2 is 2.10 bits per heavy atom. The molecule has 0 bridgehead atoms. The lowest BCUT2D eigenvalue weighted by Crippen LogP contribution is -2.14. The zero-order valence-electron chi connectivity index (χ0n) is 10.1. The van der Waals surface area contributed by atoms with E-state index in [4.69, 9.17) is 29.6 Å². The number of halogens is 1. The molecule has 0 aliphatic heterocycles. The predicted octanol–water partition coefficient (Wildman–Crippen LogP) is 2.17. The molecule has 8 heteroatoms. The molecule has 5 nitrogen and oxygen atoms in total. The number of hydrogen-bond acceptors (Lipinski definition) is 4. The van der Waals surface area contributed by atoms with Crippen LogP contribution in [-0.2, 0) is 10.0 Å². The lowest BCUT2D eigenvalue weighted by Gasteiger charge is -2.09. The summed E-state index contributed by atoms with van der Waals surface area (Å²) in [7, 11) is -3.74. The highest BCUT2D eigenvalue weighted by Gasteiger charge is 2.16. The van der Waals surface area contributed by atoms with Gasteiger partial charge in [-0.1, -0.05) is 23.8 Å². The second kappa shape index (κ2) is 5.74. The maximum atomic E-state index is 12.2. The number of nitrogens with zero attached hydrogens (tertiary/aromatic N) is 1. The molecule has 0 saturated heterocycles.